The fourth-order valence-corrected chi connectivity index (χ4v) is 1.97. The summed E-state index contributed by atoms with van der Waals surface area (Å²) in [6, 6.07) is 0. The lowest BCUT2D eigenvalue weighted by atomic mass is 9.66. The molecule has 0 spiro atoms. The van der Waals surface area contributed by atoms with Gasteiger partial charge in [-0.3, -0.25) is 0 Å². The van der Waals surface area contributed by atoms with Gasteiger partial charge in [-0.25, -0.2) is 8.78 Å². The predicted molar refractivity (Wildman–Crippen MR) is 52.5 cm³/mol. The molecule has 0 aromatic heterocycles. The Labute approximate surface area is 84.8 Å². The smallest absolute Gasteiger partial charge is 0.256 e. The van der Waals surface area contributed by atoms with Crippen LogP contribution in [0.4, 0.5) is 8.78 Å². The second-order valence-corrected chi connectivity index (χ2v) is 4.84. The number of halogens is 2. The molecule has 1 aliphatic carbocycles. The highest BCUT2D eigenvalue weighted by atomic mass is 19.3. The van der Waals surface area contributed by atoms with E-state index < -0.39 is 17.8 Å². The second-order valence-electron chi connectivity index (χ2n) is 4.84. The first kappa shape index (κ1) is 11.9. The molecule has 1 fully saturated rings. The summed E-state index contributed by atoms with van der Waals surface area (Å²) in [4.78, 5) is 0. The Morgan fingerprint density at radius 3 is 2.21 bits per heavy atom. The average molecular weight is 206 g/mol. The van der Waals surface area contributed by atoms with E-state index in [-0.39, 0.29) is 18.6 Å². The molecule has 0 radical (unpaired) electrons. The first-order chi connectivity index (χ1) is 6.35. The molecule has 84 valence electrons. The maximum Gasteiger partial charge on any atom is 0.256 e. The maximum atomic E-state index is 13.5. The van der Waals surface area contributed by atoms with E-state index >= 15 is 0 Å². The van der Waals surface area contributed by atoms with Crippen molar-refractivity contribution in [3.8, 4) is 0 Å². The molecule has 0 aromatic rings. The Balaban J connectivity index is 2.39. The molecule has 1 saturated carbocycles. The van der Waals surface area contributed by atoms with Crippen molar-refractivity contribution in [1.29, 1.82) is 0 Å². The summed E-state index contributed by atoms with van der Waals surface area (Å²) >= 11 is 0. The van der Waals surface area contributed by atoms with Gasteiger partial charge in [0.2, 0.25) is 0 Å². The summed E-state index contributed by atoms with van der Waals surface area (Å²) in [7, 11) is 0. The molecule has 0 amide bonds. The highest BCUT2D eigenvalue weighted by molar-refractivity contribution is 4.97. The Hall–Kier alpha value is -0.180. The van der Waals surface area contributed by atoms with Gasteiger partial charge in [-0.1, -0.05) is 13.8 Å². The Bertz CT molecular complexity index is 188. The van der Waals surface area contributed by atoms with E-state index in [2.05, 4.69) is 0 Å². The van der Waals surface area contributed by atoms with E-state index in [0.717, 1.165) is 0 Å². The molecule has 1 rings (SSSR count). The number of hydrogen-bond acceptors (Lipinski definition) is 1. The molecular formula is C11H20F2O. The molecule has 0 bridgehead atoms. The zero-order valence-electron chi connectivity index (χ0n) is 9.39. The number of alkyl halides is 2. The third kappa shape index (κ3) is 2.25. The van der Waals surface area contributed by atoms with Crippen LogP contribution in [0, 0.1) is 17.8 Å². The standard InChI is InChI=1S/C11H20F2O/c1-7(2)10-5-9(11(10,12)13)6-14-8(3)4/h7-10H,5-6H2,1-4H3/t9-,10-/m0/s1. The summed E-state index contributed by atoms with van der Waals surface area (Å²) in [6.45, 7) is 7.66. The predicted octanol–water partition coefficient (Wildman–Crippen LogP) is 3.34. The van der Waals surface area contributed by atoms with Crippen LogP contribution < -0.4 is 0 Å². The molecule has 14 heavy (non-hydrogen) atoms. The molecule has 1 nitrogen and oxygen atoms in total. The Morgan fingerprint density at radius 1 is 1.29 bits per heavy atom. The van der Waals surface area contributed by atoms with E-state index in [1.807, 2.05) is 27.7 Å². The molecule has 0 unspecified atom stereocenters. The lowest BCUT2D eigenvalue weighted by Gasteiger charge is -2.46. The van der Waals surface area contributed by atoms with Crippen LogP contribution in [0.2, 0.25) is 0 Å². The van der Waals surface area contributed by atoms with E-state index in [0.29, 0.717) is 6.42 Å². The van der Waals surface area contributed by atoms with Crippen LogP contribution in [0.1, 0.15) is 34.1 Å². The first-order valence-electron chi connectivity index (χ1n) is 5.35. The highest BCUT2D eigenvalue weighted by Crippen LogP contribution is 2.52. The summed E-state index contributed by atoms with van der Waals surface area (Å²) in [6.07, 6.45) is 0.654. The van der Waals surface area contributed by atoms with Gasteiger partial charge in [0.05, 0.1) is 12.7 Å². The van der Waals surface area contributed by atoms with Crippen LogP contribution in [-0.4, -0.2) is 18.6 Å². The molecule has 0 N–H and O–H groups in total. The molecule has 0 aromatic carbocycles. The zero-order chi connectivity index (χ0) is 10.9. The number of hydrogen-bond donors (Lipinski definition) is 0. The molecule has 2 atom stereocenters. The van der Waals surface area contributed by atoms with Crippen molar-refractivity contribution in [3.05, 3.63) is 0 Å². The average Bonchev–Trinajstić information content (AvgIpc) is 2.00. The minimum atomic E-state index is -2.51. The summed E-state index contributed by atoms with van der Waals surface area (Å²) in [5, 5.41) is 0. The van der Waals surface area contributed by atoms with E-state index in [4.69, 9.17) is 4.74 Å². The fraction of sp³-hybridized carbons (Fsp3) is 1.00. The Morgan fingerprint density at radius 2 is 1.86 bits per heavy atom. The van der Waals surface area contributed by atoms with Gasteiger partial charge in [0.15, 0.2) is 0 Å². The van der Waals surface area contributed by atoms with Gasteiger partial charge in [0.25, 0.3) is 5.92 Å². The van der Waals surface area contributed by atoms with Crippen molar-refractivity contribution in [2.75, 3.05) is 6.61 Å². The Kier molecular flexibility index (Phi) is 3.51. The van der Waals surface area contributed by atoms with Crippen LogP contribution in [0.15, 0.2) is 0 Å². The van der Waals surface area contributed by atoms with Crippen molar-refractivity contribution in [3.63, 3.8) is 0 Å². The molecule has 0 aliphatic heterocycles. The van der Waals surface area contributed by atoms with Crippen LogP contribution >= 0.6 is 0 Å². The molecule has 0 heterocycles. The summed E-state index contributed by atoms with van der Waals surface area (Å²) < 4.78 is 32.2. The minimum absolute atomic E-state index is 0.0453. The van der Waals surface area contributed by atoms with Crippen LogP contribution in [0.3, 0.4) is 0 Å². The van der Waals surface area contributed by atoms with Gasteiger partial charge < -0.3 is 4.74 Å². The van der Waals surface area contributed by atoms with Gasteiger partial charge in [-0.15, -0.1) is 0 Å². The van der Waals surface area contributed by atoms with Crippen molar-refractivity contribution in [2.24, 2.45) is 17.8 Å². The van der Waals surface area contributed by atoms with Crippen molar-refractivity contribution < 1.29 is 13.5 Å². The molecule has 1 aliphatic rings. The summed E-state index contributed by atoms with van der Waals surface area (Å²) in [5.41, 5.74) is 0. The van der Waals surface area contributed by atoms with Crippen LogP contribution in [0.25, 0.3) is 0 Å². The van der Waals surface area contributed by atoms with Crippen molar-refractivity contribution >= 4 is 0 Å². The maximum absolute atomic E-state index is 13.5. The molecule has 3 heteroatoms. The molecule has 0 saturated heterocycles. The van der Waals surface area contributed by atoms with E-state index in [1.54, 1.807) is 0 Å². The largest absolute Gasteiger partial charge is 0.378 e. The van der Waals surface area contributed by atoms with Crippen molar-refractivity contribution in [2.45, 2.75) is 46.1 Å². The fourth-order valence-electron chi connectivity index (χ4n) is 1.97. The SMILES string of the molecule is CC(C)OC[C@@H]1C[C@@H](C(C)C)C1(F)F. The molecular weight excluding hydrogens is 186 g/mol. The third-order valence-corrected chi connectivity index (χ3v) is 3.01. The zero-order valence-corrected chi connectivity index (χ0v) is 9.39. The van der Waals surface area contributed by atoms with Crippen LogP contribution in [-0.2, 0) is 4.74 Å². The van der Waals surface area contributed by atoms with Gasteiger partial charge in [-0.2, -0.15) is 0 Å². The highest BCUT2D eigenvalue weighted by Gasteiger charge is 2.57. The normalized spacial score (nSPS) is 30.9. The number of rotatable bonds is 4. The van der Waals surface area contributed by atoms with Crippen molar-refractivity contribution in [1.82, 2.24) is 0 Å². The monoisotopic (exact) mass is 206 g/mol. The van der Waals surface area contributed by atoms with Gasteiger partial charge in [0, 0.05) is 11.8 Å². The van der Waals surface area contributed by atoms with Gasteiger partial charge in [0.1, 0.15) is 0 Å². The third-order valence-electron chi connectivity index (χ3n) is 3.01. The first-order valence-corrected chi connectivity index (χ1v) is 5.35. The lowest BCUT2D eigenvalue weighted by molar-refractivity contribution is -0.219. The van der Waals surface area contributed by atoms with E-state index in [9.17, 15) is 8.78 Å². The quantitative estimate of drug-likeness (QED) is 0.685. The van der Waals surface area contributed by atoms with Gasteiger partial charge >= 0.3 is 0 Å². The summed E-state index contributed by atoms with van der Waals surface area (Å²) in [5.74, 6) is -3.44. The lowest BCUT2D eigenvalue weighted by Crippen LogP contribution is -2.53. The number of ether oxygens (including phenoxy) is 1. The second kappa shape index (κ2) is 4.13. The minimum Gasteiger partial charge on any atom is -0.378 e. The topological polar surface area (TPSA) is 9.23 Å². The van der Waals surface area contributed by atoms with Crippen LogP contribution in [0.5, 0.6) is 0 Å². The van der Waals surface area contributed by atoms with E-state index in [1.165, 1.54) is 0 Å². The van der Waals surface area contributed by atoms with Gasteiger partial charge in [-0.05, 0) is 26.2 Å².